The Morgan fingerprint density at radius 2 is 1.63 bits per heavy atom. The van der Waals surface area contributed by atoms with Gasteiger partial charge in [-0.2, -0.15) is 0 Å². The Kier molecular flexibility index (Phi) is 5.73. The molecule has 0 bridgehead atoms. The number of amidine groups is 1. The van der Waals surface area contributed by atoms with Crippen molar-refractivity contribution in [3.05, 3.63) is 108 Å². The molecule has 172 valence electrons. The highest BCUT2D eigenvalue weighted by Crippen LogP contribution is 2.27. The minimum atomic E-state index is -0.262. The fourth-order valence-corrected chi connectivity index (χ4v) is 4.29. The molecule has 0 fully saturated rings. The number of hydrogen-bond donors (Lipinski definition) is 4. The lowest BCUT2D eigenvalue weighted by molar-refractivity contribution is -0.105. The average molecular weight is 462 g/mol. The van der Waals surface area contributed by atoms with Gasteiger partial charge in [-0.25, -0.2) is 0 Å². The van der Waals surface area contributed by atoms with Gasteiger partial charge in [-0.3, -0.25) is 15.0 Å². The summed E-state index contributed by atoms with van der Waals surface area (Å²) >= 11 is 0. The number of fused-ring (bicyclic) bond motifs is 2. The second-order valence-electron chi connectivity index (χ2n) is 8.23. The van der Waals surface area contributed by atoms with E-state index in [2.05, 4.69) is 34.9 Å². The molecule has 35 heavy (non-hydrogen) atoms. The van der Waals surface area contributed by atoms with Crippen LogP contribution in [0.1, 0.15) is 21.6 Å². The molecule has 0 spiro atoms. The summed E-state index contributed by atoms with van der Waals surface area (Å²) in [6.07, 6.45) is 0.606. The zero-order valence-electron chi connectivity index (χ0n) is 18.8. The maximum absolute atomic E-state index is 13.4. The van der Waals surface area contributed by atoms with Crippen molar-refractivity contribution in [3.63, 3.8) is 0 Å². The Labute approximate surface area is 201 Å². The number of nitrogens with zero attached hydrogens (tertiary/aromatic N) is 1. The first kappa shape index (κ1) is 21.9. The van der Waals surface area contributed by atoms with E-state index in [4.69, 9.17) is 11.1 Å². The van der Waals surface area contributed by atoms with Crippen LogP contribution in [0.3, 0.4) is 0 Å². The normalized spacial score (nSPS) is 10.9. The molecule has 5 aromatic rings. The first-order valence-electron chi connectivity index (χ1n) is 11.1. The van der Waals surface area contributed by atoms with E-state index in [0.29, 0.717) is 35.6 Å². The summed E-state index contributed by atoms with van der Waals surface area (Å²) < 4.78 is 1.96. The molecule has 0 aliphatic rings. The number of aromatic nitrogens is 1. The van der Waals surface area contributed by atoms with Gasteiger partial charge in [-0.1, -0.05) is 54.6 Å². The number of anilines is 2. The average Bonchev–Trinajstić information content (AvgIpc) is 3.23. The molecule has 0 radical (unpaired) electrons. The zero-order valence-corrected chi connectivity index (χ0v) is 18.8. The van der Waals surface area contributed by atoms with Crippen LogP contribution in [0.25, 0.3) is 21.7 Å². The van der Waals surface area contributed by atoms with E-state index in [-0.39, 0.29) is 11.7 Å². The summed E-state index contributed by atoms with van der Waals surface area (Å²) in [5.41, 5.74) is 9.98. The second-order valence-corrected chi connectivity index (χ2v) is 8.23. The Balaban J connectivity index is 1.58. The lowest BCUT2D eigenvalue weighted by atomic mass is 10.0. The van der Waals surface area contributed by atoms with Crippen molar-refractivity contribution >= 4 is 51.2 Å². The Morgan fingerprint density at radius 3 is 2.40 bits per heavy atom. The van der Waals surface area contributed by atoms with Crippen molar-refractivity contribution in [2.45, 2.75) is 6.54 Å². The highest BCUT2D eigenvalue weighted by Gasteiger charge is 2.18. The molecular formula is C28H23N5O2. The quantitative estimate of drug-likeness (QED) is 0.156. The molecule has 7 nitrogen and oxygen atoms in total. The molecule has 5 N–H and O–H groups in total. The maximum Gasteiger partial charge on any atom is 0.272 e. The number of amides is 2. The van der Waals surface area contributed by atoms with Crippen molar-refractivity contribution in [1.82, 2.24) is 4.57 Å². The van der Waals surface area contributed by atoms with Gasteiger partial charge in [0.15, 0.2) is 0 Å². The number of rotatable bonds is 7. The maximum atomic E-state index is 13.4. The summed E-state index contributed by atoms with van der Waals surface area (Å²) in [4.78, 5) is 24.1. The Hall–Kier alpha value is -4.91. The summed E-state index contributed by atoms with van der Waals surface area (Å²) in [7, 11) is 0. The molecular weight excluding hydrogens is 438 g/mol. The largest absolute Gasteiger partial charge is 0.384 e. The van der Waals surface area contributed by atoms with E-state index in [0.717, 1.165) is 27.2 Å². The standard InChI is InChI=1S/C28H23N5O2/c29-27(30)20-9-8-19-14-26(28(35)32-23-12-10-22(11-13-23)31-17-34)33(25(19)15-20)16-21-6-3-5-18-4-1-2-7-24(18)21/h1-15,17H,16H2,(H3,29,30)(H,31,34)(H,32,35). The fourth-order valence-electron chi connectivity index (χ4n) is 4.29. The van der Waals surface area contributed by atoms with Gasteiger partial charge in [0.25, 0.3) is 5.91 Å². The van der Waals surface area contributed by atoms with Crippen LogP contribution >= 0.6 is 0 Å². The third-order valence-corrected chi connectivity index (χ3v) is 6.02. The van der Waals surface area contributed by atoms with Crippen LogP contribution in [0.2, 0.25) is 0 Å². The van der Waals surface area contributed by atoms with Gasteiger partial charge in [0.1, 0.15) is 11.5 Å². The summed E-state index contributed by atoms with van der Waals surface area (Å²) in [6, 6.07) is 28.5. The number of benzene rings is 4. The molecule has 1 heterocycles. The number of nitrogens with one attached hydrogen (secondary N) is 3. The van der Waals surface area contributed by atoms with Crippen LogP contribution in [-0.4, -0.2) is 22.7 Å². The van der Waals surface area contributed by atoms with Crippen molar-refractivity contribution in [1.29, 1.82) is 5.41 Å². The second kappa shape index (κ2) is 9.15. The van der Waals surface area contributed by atoms with E-state index < -0.39 is 0 Å². The Bertz CT molecular complexity index is 1580. The molecule has 0 aliphatic heterocycles. The highest BCUT2D eigenvalue weighted by atomic mass is 16.2. The van der Waals surface area contributed by atoms with Crippen molar-refractivity contribution in [3.8, 4) is 0 Å². The van der Waals surface area contributed by atoms with Gasteiger partial charge in [0, 0.05) is 34.4 Å². The number of hydrogen-bond acceptors (Lipinski definition) is 3. The smallest absolute Gasteiger partial charge is 0.272 e. The highest BCUT2D eigenvalue weighted by molar-refractivity contribution is 6.07. The SMILES string of the molecule is N=C(N)c1ccc2cc(C(=O)Nc3ccc(NC=O)cc3)n(Cc3cccc4ccccc34)c2c1. The molecule has 0 unspecified atom stereocenters. The third kappa shape index (κ3) is 4.35. The van der Waals surface area contributed by atoms with E-state index in [1.54, 1.807) is 30.3 Å². The van der Waals surface area contributed by atoms with Crippen LogP contribution in [0.5, 0.6) is 0 Å². The fraction of sp³-hybridized carbons (Fsp3) is 0.0357. The third-order valence-electron chi connectivity index (χ3n) is 6.02. The number of nitrogens with two attached hydrogens (primary N) is 1. The molecule has 0 aliphatic carbocycles. The molecule has 0 saturated heterocycles. The van der Waals surface area contributed by atoms with Gasteiger partial charge < -0.3 is 20.9 Å². The zero-order chi connectivity index (χ0) is 24.4. The topological polar surface area (TPSA) is 113 Å². The minimum Gasteiger partial charge on any atom is -0.384 e. The van der Waals surface area contributed by atoms with E-state index in [1.165, 1.54) is 0 Å². The van der Waals surface area contributed by atoms with Gasteiger partial charge in [0.2, 0.25) is 6.41 Å². The van der Waals surface area contributed by atoms with Gasteiger partial charge in [-0.05, 0) is 52.7 Å². The van der Waals surface area contributed by atoms with E-state index in [9.17, 15) is 9.59 Å². The van der Waals surface area contributed by atoms with Crippen molar-refractivity contribution in [2.24, 2.45) is 5.73 Å². The van der Waals surface area contributed by atoms with Crippen LogP contribution in [0.15, 0.2) is 91.0 Å². The molecule has 2 amide bonds. The van der Waals surface area contributed by atoms with Crippen LogP contribution in [0, 0.1) is 5.41 Å². The molecule has 7 heteroatoms. The molecule has 0 atom stereocenters. The summed E-state index contributed by atoms with van der Waals surface area (Å²) in [5.74, 6) is -0.290. The number of carbonyl (C=O) groups excluding carboxylic acids is 2. The first-order chi connectivity index (χ1) is 17.0. The van der Waals surface area contributed by atoms with Gasteiger partial charge in [0.05, 0.1) is 0 Å². The lowest BCUT2D eigenvalue weighted by Crippen LogP contribution is -2.18. The molecule has 1 aromatic heterocycles. The lowest BCUT2D eigenvalue weighted by Gasteiger charge is -2.14. The van der Waals surface area contributed by atoms with E-state index >= 15 is 0 Å². The number of carbonyl (C=O) groups is 2. The van der Waals surface area contributed by atoms with Crippen LogP contribution in [0.4, 0.5) is 11.4 Å². The van der Waals surface area contributed by atoms with Gasteiger partial charge >= 0.3 is 0 Å². The predicted molar refractivity (Wildman–Crippen MR) is 140 cm³/mol. The number of nitrogen functional groups attached to an aromatic ring is 1. The van der Waals surface area contributed by atoms with Crippen LogP contribution < -0.4 is 16.4 Å². The molecule has 4 aromatic carbocycles. The van der Waals surface area contributed by atoms with Crippen LogP contribution in [-0.2, 0) is 11.3 Å². The first-order valence-corrected chi connectivity index (χ1v) is 11.1. The predicted octanol–water partition coefficient (Wildman–Crippen LogP) is 4.95. The molecule has 5 rings (SSSR count). The van der Waals surface area contributed by atoms with Gasteiger partial charge in [-0.15, -0.1) is 0 Å². The summed E-state index contributed by atoms with van der Waals surface area (Å²) in [6.45, 7) is 0.469. The summed E-state index contributed by atoms with van der Waals surface area (Å²) in [5, 5.41) is 16.5. The van der Waals surface area contributed by atoms with E-state index in [1.807, 2.05) is 41.0 Å². The van der Waals surface area contributed by atoms with Crippen molar-refractivity contribution < 1.29 is 9.59 Å². The Morgan fingerprint density at radius 1 is 0.886 bits per heavy atom. The monoisotopic (exact) mass is 461 g/mol. The minimum absolute atomic E-state index is 0.0279. The van der Waals surface area contributed by atoms with Crippen molar-refractivity contribution in [2.75, 3.05) is 10.6 Å². The molecule has 0 saturated carbocycles.